The predicted octanol–water partition coefficient (Wildman–Crippen LogP) is 0.811. The van der Waals surface area contributed by atoms with E-state index >= 15 is 0 Å². The number of hydrogen-bond acceptors (Lipinski definition) is 3. The summed E-state index contributed by atoms with van der Waals surface area (Å²) in [6.45, 7) is 4.94. The molecule has 4 nitrogen and oxygen atoms in total. The maximum absolute atomic E-state index is 12.3. The highest BCUT2D eigenvalue weighted by Crippen LogP contribution is 2.30. The molecule has 1 saturated heterocycles. The van der Waals surface area contributed by atoms with Crippen LogP contribution in [0.1, 0.15) is 39.0 Å². The first-order valence-corrected chi connectivity index (χ1v) is 6.77. The first-order chi connectivity index (χ1) is 8.00. The lowest BCUT2D eigenvalue weighted by Gasteiger charge is -2.39. The Morgan fingerprint density at radius 2 is 2.00 bits per heavy atom. The lowest BCUT2D eigenvalue weighted by Crippen LogP contribution is -2.54. The average molecular weight is 239 g/mol. The molecule has 0 aromatic rings. The van der Waals surface area contributed by atoms with Crippen molar-refractivity contribution in [2.45, 2.75) is 50.6 Å². The summed E-state index contributed by atoms with van der Waals surface area (Å²) in [5, 5.41) is 0. The van der Waals surface area contributed by atoms with Crippen LogP contribution in [0.4, 0.5) is 0 Å². The second kappa shape index (κ2) is 4.94. The van der Waals surface area contributed by atoms with E-state index < -0.39 is 0 Å². The van der Waals surface area contributed by atoms with Crippen molar-refractivity contribution in [3.05, 3.63) is 0 Å². The van der Waals surface area contributed by atoms with Crippen LogP contribution in [0, 0.1) is 0 Å². The van der Waals surface area contributed by atoms with E-state index in [1.54, 1.807) is 0 Å². The topological polar surface area (TPSA) is 49.6 Å². The number of carbonyl (C=O) groups excluding carboxylic acids is 1. The first-order valence-electron chi connectivity index (χ1n) is 6.77. The number of nitrogens with zero attached hydrogens (tertiary/aromatic N) is 2. The zero-order valence-corrected chi connectivity index (χ0v) is 11.1. The molecule has 1 saturated carbocycles. The molecule has 0 spiro atoms. The minimum atomic E-state index is -0.208. The number of likely N-dealkylation sites (N-methyl/N-ethyl adjacent to an activating group) is 1. The van der Waals surface area contributed by atoms with Crippen molar-refractivity contribution in [3.8, 4) is 0 Å². The summed E-state index contributed by atoms with van der Waals surface area (Å²) in [6.07, 6.45) is 4.94. The third-order valence-corrected chi connectivity index (χ3v) is 4.25. The molecule has 17 heavy (non-hydrogen) atoms. The zero-order valence-electron chi connectivity index (χ0n) is 11.1. The van der Waals surface area contributed by atoms with Crippen LogP contribution in [0.15, 0.2) is 0 Å². The lowest BCUT2D eigenvalue weighted by molar-refractivity contribution is -0.136. The van der Waals surface area contributed by atoms with Gasteiger partial charge >= 0.3 is 0 Å². The van der Waals surface area contributed by atoms with Gasteiger partial charge in [0.15, 0.2) is 0 Å². The molecule has 2 N–H and O–H groups in total. The summed E-state index contributed by atoms with van der Waals surface area (Å²) in [6, 6.07) is 0.325. The van der Waals surface area contributed by atoms with Crippen molar-refractivity contribution in [3.63, 3.8) is 0 Å². The Morgan fingerprint density at radius 3 is 2.59 bits per heavy atom. The third kappa shape index (κ3) is 2.99. The molecule has 0 aromatic heterocycles. The van der Waals surface area contributed by atoms with Crippen molar-refractivity contribution in [1.82, 2.24) is 9.80 Å². The summed E-state index contributed by atoms with van der Waals surface area (Å²) >= 11 is 0. The van der Waals surface area contributed by atoms with Crippen molar-refractivity contribution in [2.24, 2.45) is 5.73 Å². The highest BCUT2D eigenvalue weighted by molar-refractivity contribution is 5.78. The van der Waals surface area contributed by atoms with Gasteiger partial charge in [-0.25, -0.2) is 0 Å². The van der Waals surface area contributed by atoms with Crippen molar-refractivity contribution >= 4 is 5.91 Å². The molecule has 1 aliphatic carbocycles. The molecule has 1 amide bonds. The fourth-order valence-electron chi connectivity index (χ4n) is 3.17. The molecule has 1 aliphatic heterocycles. The van der Waals surface area contributed by atoms with Crippen LogP contribution in [0.3, 0.4) is 0 Å². The van der Waals surface area contributed by atoms with Gasteiger partial charge in [0.05, 0.1) is 0 Å². The molecular formula is C13H25N3O. The Kier molecular flexibility index (Phi) is 3.73. The minimum Gasteiger partial charge on any atom is -0.337 e. The van der Waals surface area contributed by atoms with E-state index in [2.05, 4.69) is 18.9 Å². The van der Waals surface area contributed by atoms with E-state index in [1.165, 1.54) is 12.8 Å². The molecule has 1 atom stereocenters. The maximum Gasteiger partial charge on any atom is 0.224 e. The Morgan fingerprint density at radius 1 is 1.35 bits per heavy atom. The molecule has 98 valence electrons. The van der Waals surface area contributed by atoms with Gasteiger partial charge in [0.1, 0.15) is 0 Å². The molecule has 1 heterocycles. The number of piperazine rings is 1. The first kappa shape index (κ1) is 12.8. The number of amides is 1. The van der Waals surface area contributed by atoms with Crippen LogP contribution in [0.5, 0.6) is 0 Å². The molecular weight excluding hydrogens is 214 g/mol. The molecule has 2 rings (SSSR count). The summed E-state index contributed by atoms with van der Waals surface area (Å²) < 4.78 is 0. The summed E-state index contributed by atoms with van der Waals surface area (Å²) in [4.78, 5) is 16.6. The number of hydrogen-bond donors (Lipinski definition) is 1. The summed E-state index contributed by atoms with van der Waals surface area (Å²) in [7, 11) is 2.11. The van der Waals surface area contributed by atoms with E-state index in [-0.39, 0.29) is 11.4 Å². The van der Waals surface area contributed by atoms with Crippen molar-refractivity contribution in [1.29, 1.82) is 0 Å². The smallest absolute Gasteiger partial charge is 0.224 e. The highest BCUT2D eigenvalue weighted by Gasteiger charge is 2.35. The molecule has 2 fully saturated rings. The summed E-state index contributed by atoms with van der Waals surface area (Å²) in [5.41, 5.74) is 6.07. The largest absolute Gasteiger partial charge is 0.337 e. The Balaban J connectivity index is 1.91. The molecule has 0 radical (unpaired) electrons. The second-order valence-corrected chi connectivity index (χ2v) is 5.94. The monoisotopic (exact) mass is 239 g/mol. The quantitative estimate of drug-likeness (QED) is 0.776. The average Bonchev–Trinajstić information content (AvgIpc) is 2.64. The SMILES string of the molecule is CC1CN(C)CCN1C(=O)CC1(N)CCCC1. The fourth-order valence-corrected chi connectivity index (χ4v) is 3.17. The summed E-state index contributed by atoms with van der Waals surface area (Å²) in [5.74, 6) is 0.259. The predicted molar refractivity (Wildman–Crippen MR) is 68.7 cm³/mol. The molecule has 0 aromatic carbocycles. The van der Waals surface area contributed by atoms with E-state index in [4.69, 9.17) is 5.73 Å². The number of nitrogens with two attached hydrogens (primary N) is 1. The fraction of sp³-hybridized carbons (Fsp3) is 0.923. The zero-order chi connectivity index (χ0) is 12.5. The molecule has 4 heteroatoms. The second-order valence-electron chi connectivity index (χ2n) is 5.94. The van der Waals surface area contributed by atoms with Crippen molar-refractivity contribution < 1.29 is 4.79 Å². The van der Waals surface area contributed by atoms with Crippen LogP contribution in [-0.4, -0.2) is 54.0 Å². The van der Waals surface area contributed by atoms with Gasteiger partial charge in [-0.1, -0.05) is 12.8 Å². The standard InChI is InChI=1S/C13H25N3O/c1-11-10-15(2)7-8-16(11)12(17)9-13(14)5-3-4-6-13/h11H,3-10,14H2,1-2H3. The van der Waals surface area contributed by atoms with E-state index in [9.17, 15) is 4.79 Å². The van der Waals surface area contributed by atoms with Gasteiger partial charge in [0.25, 0.3) is 0 Å². The van der Waals surface area contributed by atoms with Crippen LogP contribution in [0.2, 0.25) is 0 Å². The molecule has 0 bridgehead atoms. The normalized spacial score (nSPS) is 29.6. The van der Waals surface area contributed by atoms with E-state index in [0.29, 0.717) is 12.5 Å². The van der Waals surface area contributed by atoms with Crippen LogP contribution in [0.25, 0.3) is 0 Å². The third-order valence-electron chi connectivity index (χ3n) is 4.25. The van der Waals surface area contributed by atoms with Crippen LogP contribution < -0.4 is 5.73 Å². The van der Waals surface area contributed by atoms with E-state index in [1.807, 2.05) is 4.90 Å². The minimum absolute atomic E-state index is 0.208. The van der Waals surface area contributed by atoms with Crippen molar-refractivity contribution in [2.75, 3.05) is 26.7 Å². The van der Waals surface area contributed by atoms with Gasteiger partial charge < -0.3 is 15.5 Å². The van der Waals surface area contributed by atoms with Gasteiger partial charge in [-0.2, -0.15) is 0 Å². The number of carbonyl (C=O) groups is 1. The van der Waals surface area contributed by atoms with E-state index in [0.717, 1.165) is 32.5 Å². The highest BCUT2D eigenvalue weighted by atomic mass is 16.2. The molecule has 2 aliphatic rings. The van der Waals surface area contributed by atoms with Crippen LogP contribution >= 0.6 is 0 Å². The Bertz CT molecular complexity index is 286. The van der Waals surface area contributed by atoms with Gasteiger partial charge in [-0.15, -0.1) is 0 Å². The van der Waals surface area contributed by atoms with Gasteiger partial charge in [-0.05, 0) is 26.8 Å². The van der Waals surface area contributed by atoms with Crippen LogP contribution in [-0.2, 0) is 4.79 Å². The Hall–Kier alpha value is -0.610. The van der Waals surface area contributed by atoms with Gasteiger partial charge in [0.2, 0.25) is 5.91 Å². The Labute approximate surface area is 104 Å². The van der Waals surface area contributed by atoms with Gasteiger partial charge in [-0.3, -0.25) is 4.79 Å². The van der Waals surface area contributed by atoms with Gasteiger partial charge in [0, 0.05) is 37.6 Å². The lowest BCUT2D eigenvalue weighted by atomic mass is 9.93. The maximum atomic E-state index is 12.3. The molecule has 1 unspecified atom stereocenters. The number of rotatable bonds is 2.